The molecule has 0 saturated heterocycles. The number of benzene rings is 2. The van der Waals surface area contributed by atoms with Crippen LogP contribution in [-0.4, -0.2) is 28.2 Å². The smallest absolute Gasteiger partial charge is 0.233 e. The number of hydrogen-bond donors (Lipinski definition) is 2. The van der Waals surface area contributed by atoms with E-state index in [1.807, 2.05) is 62.4 Å². The van der Waals surface area contributed by atoms with Crippen molar-refractivity contribution in [1.29, 1.82) is 0 Å². The van der Waals surface area contributed by atoms with E-state index in [2.05, 4.69) is 15.3 Å². The first-order chi connectivity index (χ1) is 14.9. The van der Waals surface area contributed by atoms with E-state index < -0.39 is 0 Å². The lowest BCUT2D eigenvalue weighted by Gasteiger charge is -2.15. The zero-order chi connectivity index (χ0) is 22.4. The zero-order valence-electron chi connectivity index (χ0n) is 17.7. The molecule has 1 amide bonds. The fourth-order valence-corrected chi connectivity index (χ4v) is 3.98. The highest BCUT2D eigenvalue weighted by Crippen LogP contribution is 2.32. The number of nitrogens with one attached hydrogen (secondary N) is 1. The van der Waals surface area contributed by atoms with Crippen LogP contribution in [0.25, 0.3) is 11.1 Å². The number of nitrogen functional groups attached to an aromatic ring is 1. The molecular weight excluding hydrogens is 432 g/mol. The van der Waals surface area contributed by atoms with Gasteiger partial charge in [0.25, 0.3) is 0 Å². The summed E-state index contributed by atoms with van der Waals surface area (Å²) in [6.45, 7) is 4.28. The average Bonchev–Trinajstić information content (AvgIpc) is 2.78. The fourth-order valence-electron chi connectivity index (χ4n) is 3.03. The number of nitrogens with two attached hydrogens (primary N) is 1. The molecule has 3 aromatic rings. The summed E-state index contributed by atoms with van der Waals surface area (Å²) in [5.74, 6) is 1.08. The third-order valence-electron chi connectivity index (χ3n) is 4.74. The van der Waals surface area contributed by atoms with Crippen LogP contribution >= 0.6 is 23.4 Å². The van der Waals surface area contributed by atoms with E-state index in [0.29, 0.717) is 29.0 Å². The summed E-state index contributed by atoms with van der Waals surface area (Å²) in [5, 5.41) is 3.71. The summed E-state index contributed by atoms with van der Waals surface area (Å²) in [4.78, 5) is 21.6. The maximum absolute atomic E-state index is 12.5. The van der Waals surface area contributed by atoms with Gasteiger partial charge in [-0.3, -0.25) is 4.79 Å². The first kappa shape index (κ1) is 22.9. The highest BCUT2D eigenvalue weighted by molar-refractivity contribution is 8.00. The lowest BCUT2D eigenvalue weighted by molar-refractivity contribution is -0.120. The number of amides is 1. The minimum absolute atomic E-state index is 0.0946. The van der Waals surface area contributed by atoms with Crippen LogP contribution in [0.1, 0.15) is 25.1 Å². The Kier molecular flexibility index (Phi) is 7.76. The van der Waals surface area contributed by atoms with Crippen molar-refractivity contribution in [2.24, 2.45) is 0 Å². The number of aromatic nitrogens is 2. The first-order valence-electron chi connectivity index (χ1n) is 9.90. The van der Waals surface area contributed by atoms with Crippen molar-refractivity contribution < 1.29 is 9.53 Å². The van der Waals surface area contributed by atoms with Crippen LogP contribution in [0.3, 0.4) is 0 Å². The molecule has 0 radical (unpaired) electrons. The number of carbonyl (C=O) groups is 1. The van der Waals surface area contributed by atoms with Gasteiger partial charge in [0.2, 0.25) is 5.91 Å². The van der Waals surface area contributed by atoms with Crippen LogP contribution in [-0.2, 0) is 17.8 Å². The molecular formula is C23H25ClN4O2S. The summed E-state index contributed by atoms with van der Waals surface area (Å²) < 4.78 is 5.15. The van der Waals surface area contributed by atoms with Crippen molar-refractivity contribution >= 4 is 35.1 Å². The molecule has 0 spiro atoms. The fraction of sp³-hybridized carbons (Fsp3) is 0.261. The van der Waals surface area contributed by atoms with E-state index in [0.717, 1.165) is 28.1 Å². The van der Waals surface area contributed by atoms with Crippen molar-refractivity contribution in [2.45, 2.75) is 37.2 Å². The molecule has 162 valence electrons. The van der Waals surface area contributed by atoms with E-state index in [1.54, 1.807) is 7.11 Å². The molecule has 2 aromatic carbocycles. The second-order valence-electron chi connectivity index (χ2n) is 6.90. The highest BCUT2D eigenvalue weighted by Gasteiger charge is 2.19. The van der Waals surface area contributed by atoms with Crippen LogP contribution in [0.15, 0.2) is 53.7 Å². The quantitative estimate of drug-likeness (QED) is 0.375. The molecule has 3 N–H and O–H groups in total. The van der Waals surface area contributed by atoms with Crippen LogP contribution in [0, 0.1) is 0 Å². The van der Waals surface area contributed by atoms with Gasteiger partial charge in [0.15, 0.2) is 5.16 Å². The summed E-state index contributed by atoms with van der Waals surface area (Å²) in [5.41, 5.74) is 9.82. The molecule has 1 heterocycles. The molecule has 8 heteroatoms. The lowest BCUT2D eigenvalue weighted by atomic mass is 10.0. The van der Waals surface area contributed by atoms with E-state index in [4.69, 9.17) is 22.1 Å². The zero-order valence-corrected chi connectivity index (χ0v) is 19.3. The van der Waals surface area contributed by atoms with Gasteiger partial charge in [-0.15, -0.1) is 0 Å². The van der Waals surface area contributed by atoms with Gasteiger partial charge in [-0.1, -0.05) is 54.6 Å². The van der Waals surface area contributed by atoms with Gasteiger partial charge in [-0.25, -0.2) is 9.97 Å². The van der Waals surface area contributed by atoms with E-state index in [9.17, 15) is 4.79 Å². The van der Waals surface area contributed by atoms with Crippen LogP contribution in [0.4, 0.5) is 5.82 Å². The van der Waals surface area contributed by atoms with Crippen LogP contribution in [0.2, 0.25) is 5.02 Å². The third kappa shape index (κ3) is 5.89. The second-order valence-corrected chi connectivity index (χ2v) is 8.64. The van der Waals surface area contributed by atoms with Gasteiger partial charge in [-0.2, -0.15) is 0 Å². The van der Waals surface area contributed by atoms with Crippen molar-refractivity contribution in [3.05, 3.63) is 64.8 Å². The van der Waals surface area contributed by atoms with E-state index in [1.165, 1.54) is 11.8 Å². The van der Waals surface area contributed by atoms with Gasteiger partial charge in [0.05, 0.1) is 18.1 Å². The van der Waals surface area contributed by atoms with Gasteiger partial charge in [-0.05, 0) is 48.7 Å². The second kappa shape index (κ2) is 10.5. The Labute approximate surface area is 191 Å². The molecule has 0 bridgehead atoms. The summed E-state index contributed by atoms with van der Waals surface area (Å²) >= 11 is 7.28. The molecule has 0 fully saturated rings. The normalized spacial score (nSPS) is 11.7. The van der Waals surface area contributed by atoms with E-state index >= 15 is 0 Å². The number of hydrogen-bond acceptors (Lipinski definition) is 6. The largest absolute Gasteiger partial charge is 0.497 e. The number of ether oxygens (including phenoxy) is 1. The molecule has 6 nitrogen and oxygen atoms in total. The summed E-state index contributed by atoms with van der Waals surface area (Å²) in [6.07, 6.45) is 0.691. The SMILES string of the molecule is CCc1nc(SC(C)C(=O)NCc2ccc(OC)cc2)nc(N)c1-c1ccc(Cl)cc1. The standard InChI is InChI=1S/C23H25ClN4O2S/c1-4-19-20(16-7-9-17(24)10-8-16)21(25)28-23(27-19)31-14(2)22(29)26-13-15-5-11-18(30-3)12-6-15/h5-12,14H,4,13H2,1-3H3,(H,26,29)(H2,25,27,28). The van der Waals surface area contributed by atoms with Gasteiger partial charge in [0, 0.05) is 17.1 Å². The summed E-state index contributed by atoms with van der Waals surface area (Å²) in [7, 11) is 1.62. The van der Waals surface area contributed by atoms with Gasteiger partial charge < -0.3 is 15.8 Å². The molecule has 1 unspecified atom stereocenters. The Morgan fingerprint density at radius 2 is 1.84 bits per heavy atom. The minimum atomic E-state index is -0.372. The maximum atomic E-state index is 12.5. The Morgan fingerprint density at radius 1 is 1.16 bits per heavy atom. The molecule has 0 aliphatic carbocycles. The van der Waals surface area contributed by atoms with E-state index in [-0.39, 0.29) is 11.2 Å². The number of rotatable bonds is 8. The Hall–Kier alpha value is -2.77. The number of halogens is 1. The predicted octanol–water partition coefficient (Wildman–Crippen LogP) is 4.75. The molecule has 0 saturated carbocycles. The molecule has 31 heavy (non-hydrogen) atoms. The maximum Gasteiger partial charge on any atom is 0.233 e. The first-order valence-corrected chi connectivity index (χ1v) is 11.2. The monoisotopic (exact) mass is 456 g/mol. The molecule has 0 aliphatic rings. The van der Waals surface area contributed by atoms with Crippen LogP contribution in [0.5, 0.6) is 5.75 Å². The Balaban J connectivity index is 1.68. The van der Waals surface area contributed by atoms with Gasteiger partial charge >= 0.3 is 0 Å². The van der Waals surface area contributed by atoms with Crippen molar-refractivity contribution in [2.75, 3.05) is 12.8 Å². The number of nitrogens with zero attached hydrogens (tertiary/aromatic N) is 2. The van der Waals surface area contributed by atoms with Gasteiger partial charge in [0.1, 0.15) is 11.6 Å². The van der Waals surface area contributed by atoms with Crippen molar-refractivity contribution in [3.63, 3.8) is 0 Å². The summed E-state index contributed by atoms with van der Waals surface area (Å²) in [6, 6.07) is 15.0. The molecule has 3 rings (SSSR count). The topological polar surface area (TPSA) is 90.1 Å². The Bertz CT molecular complexity index is 1040. The molecule has 1 atom stereocenters. The average molecular weight is 457 g/mol. The number of anilines is 1. The number of thioether (sulfide) groups is 1. The minimum Gasteiger partial charge on any atom is -0.497 e. The lowest BCUT2D eigenvalue weighted by Crippen LogP contribution is -2.30. The molecule has 0 aliphatic heterocycles. The molecule has 1 aromatic heterocycles. The van der Waals surface area contributed by atoms with Crippen molar-refractivity contribution in [1.82, 2.24) is 15.3 Å². The highest BCUT2D eigenvalue weighted by atomic mass is 35.5. The predicted molar refractivity (Wildman–Crippen MR) is 126 cm³/mol. The van der Waals surface area contributed by atoms with Crippen molar-refractivity contribution in [3.8, 4) is 16.9 Å². The third-order valence-corrected chi connectivity index (χ3v) is 5.95. The van der Waals surface area contributed by atoms with Crippen LogP contribution < -0.4 is 15.8 Å². The Morgan fingerprint density at radius 3 is 2.45 bits per heavy atom. The number of aryl methyl sites for hydroxylation is 1. The number of methoxy groups -OCH3 is 1. The number of carbonyl (C=O) groups excluding carboxylic acids is 1.